The van der Waals surface area contributed by atoms with Crippen LogP contribution >= 0.6 is 11.8 Å². The first-order valence-electron chi connectivity index (χ1n) is 2.50. The molecule has 0 radical (unpaired) electrons. The summed E-state index contributed by atoms with van der Waals surface area (Å²) in [5.74, 6) is 2.15. The van der Waals surface area contributed by atoms with E-state index >= 15 is 0 Å². The van der Waals surface area contributed by atoms with Gasteiger partial charge in [0.2, 0.25) is 0 Å². The molecule has 0 atom stereocenters. The Morgan fingerprint density at radius 1 is 1.71 bits per heavy atom. The van der Waals surface area contributed by atoms with Crippen molar-refractivity contribution >= 4 is 11.8 Å². The van der Waals surface area contributed by atoms with Crippen LogP contribution in [-0.2, 0) is 4.74 Å². The van der Waals surface area contributed by atoms with Crippen molar-refractivity contribution < 1.29 is 4.74 Å². The van der Waals surface area contributed by atoms with Crippen LogP contribution in [0.4, 0.5) is 0 Å². The van der Waals surface area contributed by atoms with Crippen molar-refractivity contribution in [3.05, 3.63) is 0 Å². The van der Waals surface area contributed by atoms with Gasteiger partial charge in [0.05, 0.1) is 13.2 Å². The molecule has 7 heavy (non-hydrogen) atoms. The lowest BCUT2D eigenvalue weighted by Crippen LogP contribution is -2.29. The maximum absolute atomic E-state index is 4.97. The van der Waals surface area contributed by atoms with E-state index in [4.69, 9.17) is 4.74 Å². The average molecular weight is 118 g/mol. The Morgan fingerprint density at radius 3 is 2.57 bits per heavy atom. The van der Waals surface area contributed by atoms with Gasteiger partial charge in [-0.3, -0.25) is 0 Å². The normalized spacial score (nSPS) is 21.9. The molecule has 0 spiro atoms. The molecule has 42 valence electrons. The van der Waals surface area contributed by atoms with E-state index in [1.165, 1.54) is 5.75 Å². The molecule has 1 nitrogen and oxygen atoms in total. The zero-order valence-electron chi connectivity index (χ0n) is 4.52. The Kier molecular flexibility index (Phi) is 2.00. The van der Waals surface area contributed by atoms with Crippen LogP contribution in [0.2, 0.25) is 0 Å². The number of ether oxygens (including phenoxy) is 1. The second-order valence-electron chi connectivity index (χ2n) is 1.86. The number of thioether (sulfide) groups is 1. The fourth-order valence-corrected chi connectivity index (χ4v) is 1.28. The molecular formula is C5H10OS. The number of hydrogen-bond donors (Lipinski definition) is 0. The van der Waals surface area contributed by atoms with E-state index in [0.717, 1.165) is 19.1 Å². The van der Waals surface area contributed by atoms with Gasteiger partial charge in [0.25, 0.3) is 0 Å². The highest BCUT2D eigenvalue weighted by Crippen LogP contribution is 2.13. The van der Waals surface area contributed by atoms with E-state index in [1.54, 1.807) is 0 Å². The summed E-state index contributed by atoms with van der Waals surface area (Å²) < 4.78 is 4.97. The number of hydrogen-bond acceptors (Lipinski definition) is 2. The molecule has 0 aromatic rings. The molecular weight excluding hydrogens is 108 g/mol. The van der Waals surface area contributed by atoms with Crippen molar-refractivity contribution in [3.8, 4) is 0 Å². The zero-order chi connectivity index (χ0) is 5.11. The molecule has 0 bridgehead atoms. The molecule has 0 aromatic heterocycles. The molecule has 0 N–H and O–H groups in total. The molecule has 1 rings (SSSR count). The molecule has 1 saturated heterocycles. The van der Waals surface area contributed by atoms with Gasteiger partial charge in [0.1, 0.15) is 0 Å². The first-order valence-corrected chi connectivity index (χ1v) is 3.89. The van der Waals surface area contributed by atoms with Crippen LogP contribution < -0.4 is 0 Å². The predicted octanol–water partition coefficient (Wildman–Crippen LogP) is 0.996. The molecule has 1 fully saturated rings. The van der Waals surface area contributed by atoms with Crippen LogP contribution in [0.15, 0.2) is 0 Å². The van der Waals surface area contributed by atoms with Crippen molar-refractivity contribution in [2.24, 2.45) is 5.92 Å². The third-order valence-electron chi connectivity index (χ3n) is 1.11. The molecule has 2 heteroatoms. The second-order valence-corrected chi connectivity index (χ2v) is 2.77. The minimum atomic E-state index is 0.870. The summed E-state index contributed by atoms with van der Waals surface area (Å²) in [6, 6.07) is 0. The van der Waals surface area contributed by atoms with Crippen LogP contribution in [0.5, 0.6) is 0 Å². The van der Waals surface area contributed by atoms with Gasteiger partial charge in [-0.2, -0.15) is 11.8 Å². The highest BCUT2D eigenvalue weighted by atomic mass is 32.2. The smallest absolute Gasteiger partial charge is 0.0524 e. The first-order chi connectivity index (χ1) is 3.43. The van der Waals surface area contributed by atoms with E-state index < -0.39 is 0 Å². The Bertz CT molecular complexity index is 52.0. The van der Waals surface area contributed by atoms with Crippen LogP contribution in [-0.4, -0.2) is 25.2 Å². The van der Waals surface area contributed by atoms with Crippen LogP contribution in [0, 0.1) is 5.92 Å². The first kappa shape index (κ1) is 5.45. The molecule has 0 aromatic carbocycles. The minimum absolute atomic E-state index is 0.870. The Morgan fingerprint density at radius 2 is 2.43 bits per heavy atom. The van der Waals surface area contributed by atoms with Crippen molar-refractivity contribution in [2.75, 3.05) is 25.2 Å². The van der Waals surface area contributed by atoms with Gasteiger partial charge in [-0.15, -0.1) is 0 Å². The highest BCUT2D eigenvalue weighted by Gasteiger charge is 2.16. The lowest BCUT2D eigenvalue weighted by atomic mass is 10.1. The zero-order valence-corrected chi connectivity index (χ0v) is 5.33. The molecule has 1 heterocycles. The van der Waals surface area contributed by atoms with Crippen molar-refractivity contribution in [3.63, 3.8) is 0 Å². The Balaban J connectivity index is 1.93. The Hall–Kier alpha value is 0.310. The van der Waals surface area contributed by atoms with Crippen molar-refractivity contribution in [2.45, 2.75) is 0 Å². The lowest BCUT2D eigenvalue weighted by molar-refractivity contribution is -0.0196. The average Bonchev–Trinajstić information content (AvgIpc) is 1.55. The molecule has 0 saturated carbocycles. The molecule has 0 unspecified atom stereocenters. The van der Waals surface area contributed by atoms with Gasteiger partial charge in [0.15, 0.2) is 0 Å². The molecule has 1 aliphatic heterocycles. The summed E-state index contributed by atoms with van der Waals surface area (Å²) in [7, 11) is 0. The van der Waals surface area contributed by atoms with Gasteiger partial charge < -0.3 is 4.74 Å². The summed E-state index contributed by atoms with van der Waals surface area (Å²) >= 11 is 1.91. The van der Waals surface area contributed by atoms with Crippen molar-refractivity contribution in [1.29, 1.82) is 0 Å². The quantitative estimate of drug-likeness (QED) is 0.535. The van der Waals surface area contributed by atoms with Crippen LogP contribution in [0.3, 0.4) is 0 Å². The Labute approximate surface area is 48.4 Å². The van der Waals surface area contributed by atoms with Crippen molar-refractivity contribution in [1.82, 2.24) is 0 Å². The minimum Gasteiger partial charge on any atom is -0.381 e. The summed E-state index contributed by atoms with van der Waals surface area (Å²) in [6.45, 7) is 2.00. The monoisotopic (exact) mass is 118 g/mol. The molecule has 0 amide bonds. The third kappa shape index (κ3) is 1.35. The maximum Gasteiger partial charge on any atom is 0.0524 e. The molecule has 1 aliphatic rings. The van der Waals surface area contributed by atoms with Gasteiger partial charge in [0, 0.05) is 11.7 Å². The summed E-state index contributed by atoms with van der Waals surface area (Å²) in [4.78, 5) is 0. The third-order valence-corrected chi connectivity index (χ3v) is 1.91. The van der Waals surface area contributed by atoms with Crippen LogP contribution in [0.25, 0.3) is 0 Å². The predicted molar refractivity (Wildman–Crippen MR) is 32.7 cm³/mol. The van der Waals surface area contributed by atoms with E-state index in [9.17, 15) is 0 Å². The fourth-order valence-electron chi connectivity index (χ4n) is 0.616. The summed E-state index contributed by atoms with van der Waals surface area (Å²) in [6.07, 6.45) is 2.14. The number of rotatable bonds is 2. The van der Waals surface area contributed by atoms with Gasteiger partial charge in [-0.25, -0.2) is 0 Å². The maximum atomic E-state index is 4.97. The van der Waals surface area contributed by atoms with E-state index in [1.807, 2.05) is 11.8 Å². The summed E-state index contributed by atoms with van der Waals surface area (Å²) in [5.41, 5.74) is 0. The topological polar surface area (TPSA) is 9.23 Å². The van der Waals surface area contributed by atoms with Crippen LogP contribution in [0.1, 0.15) is 0 Å². The second kappa shape index (κ2) is 2.58. The molecule has 0 aliphatic carbocycles. The van der Waals surface area contributed by atoms with Gasteiger partial charge in [-0.05, 0) is 6.26 Å². The van der Waals surface area contributed by atoms with E-state index in [2.05, 4.69) is 6.26 Å². The fraction of sp³-hybridized carbons (Fsp3) is 1.00. The SMILES string of the molecule is CSCC1COC1. The van der Waals surface area contributed by atoms with Gasteiger partial charge >= 0.3 is 0 Å². The standard InChI is InChI=1S/C5H10OS/c1-7-4-5-2-6-3-5/h5H,2-4H2,1H3. The van der Waals surface area contributed by atoms with E-state index in [-0.39, 0.29) is 0 Å². The van der Waals surface area contributed by atoms with Gasteiger partial charge in [-0.1, -0.05) is 0 Å². The lowest BCUT2D eigenvalue weighted by Gasteiger charge is -2.24. The highest BCUT2D eigenvalue weighted by molar-refractivity contribution is 7.98. The van der Waals surface area contributed by atoms with E-state index in [0.29, 0.717) is 0 Å². The largest absolute Gasteiger partial charge is 0.381 e. The summed E-state index contributed by atoms with van der Waals surface area (Å²) in [5, 5.41) is 0.